The Hall–Kier alpha value is -1.84. The lowest BCUT2D eigenvalue weighted by atomic mass is 9.74. The normalized spacial score (nSPS) is 19.0. The van der Waals surface area contributed by atoms with E-state index in [9.17, 15) is 10.2 Å². The maximum Gasteiger partial charge on any atom is 0.115 e. The van der Waals surface area contributed by atoms with Crippen LogP contribution >= 0.6 is 0 Å². The molecule has 0 spiro atoms. The quantitative estimate of drug-likeness (QED) is 0.761. The van der Waals surface area contributed by atoms with Crippen molar-refractivity contribution in [2.24, 2.45) is 0 Å². The van der Waals surface area contributed by atoms with Gasteiger partial charge in [-0.3, -0.25) is 0 Å². The van der Waals surface area contributed by atoms with Crippen molar-refractivity contribution in [3.8, 4) is 5.75 Å². The Morgan fingerprint density at radius 1 is 0.962 bits per heavy atom. The molecule has 2 aromatic carbocycles. The summed E-state index contributed by atoms with van der Waals surface area (Å²) in [5.41, 5.74) is 1.13. The molecule has 0 unspecified atom stereocenters. The molecule has 3 nitrogen and oxygen atoms in total. The van der Waals surface area contributed by atoms with E-state index in [2.05, 4.69) is 36.1 Å². The summed E-state index contributed by atoms with van der Waals surface area (Å²) in [5.74, 6) is 0.242. The number of aliphatic hydroxyl groups is 1. The average Bonchev–Trinajstić information content (AvgIpc) is 2.68. The Balaban J connectivity index is 1.99. The van der Waals surface area contributed by atoms with Gasteiger partial charge in [-0.15, -0.1) is 0 Å². The van der Waals surface area contributed by atoms with Gasteiger partial charge in [0.15, 0.2) is 0 Å². The van der Waals surface area contributed by atoms with Gasteiger partial charge in [-0.2, -0.15) is 0 Å². The molecule has 1 saturated heterocycles. The van der Waals surface area contributed by atoms with Gasteiger partial charge in [0, 0.05) is 12.5 Å². The van der Waals surface area contributed by atoms with Crippen LogP contribution in [-0.2, 0) is 5.60 Å². The molecule has 0 aromatic heterocycles. The number of phenols is 1. The first kappa shape index (κ1) is 18.9. The van der Waals surface area contributed by atoms with Crippen LogP contribution in [0.25, 0.3) is 0 Å². The van der Waals surface area contributed by atoms with Crippen LogP contribution in [0.2, 0.25) is 0 Å². The highest BCUT2D eigenvalue weighted by Gasteiger charge is 2.39. The van der Waals surface area contributed by atoms with Crippen molar-refractivity contribution in [1.82, 2.24) is 4.90 Å². The summed E-state index contributed by atoms with van der Waals surface area (Å²) in [5, 5.41) is 21.6. The molecule has 2 atom stereocenters. The van der Waals surface area contributed by atoms with E-state index in [-0.39, 0.29) is 11.7 Å². The number of likely N-dealkylation sites (tertiary alicyclic amines) is 1. The summed E-state index contributed by atoms with van der Waals surface area (Å²) < 4.78 is 0. The molecule has 1 heterocycles. The Morgan fingerprint density at radius 2 is 1.62 bits per heavy atom. The molecule has 1 aliphatic rings. The number of aromatic hydroxyl groups is 1. The van der Waals surface area contributed by atoms with Crippen molar-refractivity contribution < 1.29 is 10.2 Å². The molecule has 2 aromatic rings. The molecule has 140 valence electrons. The smallest absolute Gasteiger partial charge is 0.115 e. The molecule has 0 aliphatic carbocycles. The molecular formula is C23H31NO2. The van der Waals surface area contributed by atoms with Gasteiger partial charge < -0.3 is 15.1 Å². The van der Waals surface area contributed by atoms with Crippen LogP contribution < -0.4 is 0 Å². The molecular weight excluding hydrogens is 322 g/mol. The maximum atomic E-state index is 11.9. The van der Waals surface area contributed by atoms with Crippen LogP contribution in [0.15, 0.2) is 54.6 Å². The van der Waals surface area contributed by atoms with E-state index in [1.807, 2.05) is 18.2 Å². The second-order valence-corrected chi connectivity index (χ2v) is 7.55. The van der Waals surface area contributed by atoms with E-state index >= 15 is 0 Å². The Labute approximate surface area is 157 Å². The van der Waals surface area contributed by atoms with E-state index in [0.29, 0.717) is 6.42 Å². The molecule has 0 bridgehead atoms. The number of piperidine rings is 1. The zero-order valence-electron chi connectivity index (χ0n) is 15.8. The van der Waals surface area contributed by atoms with Crippen LogP contribution in [0.3, 0.4) is 0 Å². The minimum atomic E-state index is -0.943. The number of hydrogen-bond acceptors (Lipinski definition) is 3. The largest absolute Gasteiger partial charge is 0.508 e. The Bertz CT molecular complexity index is 664. The van der Waals surface area contributed by atoms with E-state index in [1.54, 1.807) is 12.1 Å². The lowest BCUT2D eigenvalue weighted by molar-refractivity contribution is -0.0152. The molecule has 3 heteroatoms. The number of benzene rings is 2. The summed E-state index contributed by atoms with van der Waals surface area (Å²) in [6.45, 7) is 5.21. The van der Waals surface area contributed by atoms with Crippen LogP contribution in [0, 0.1) is 0 Å². The first-order valence-corrected chi connectivity index (χ1v) is 9.92. The van der Waals surface area contributed by atoms with Gasteiger partial charge in [0.2, 0.25) is 0 Å². The summed E-state index contributed by atoms with van der Waals surface area (Å²) in [4.78, 5) is 2.50. The van der Waals surface area contributed by atoms with Crippen molar-refractivity contribution in [3.05, 3.63) is 65.7 Å². The Kier molecular flexibility index (Phi) is 6.33. The van der Waals surface area contributed by atoms with Gasteiger partial charge in [-0.25, -0.2) is 0 Å². The second-order valence-electron chi connectivity index (χ2n) is 7.55. The minimum absolute atomic E-state index is 0.00583. The predicted molar refractivity (Wildman–Crippen MR) is 106 cm³/mol. The van der Waals surface area contributed by atoms with Crippen LogP contribution in [0.1, 0.15) is 56.1 Å². The fourth-order valence-corrected chi connectivity index (χ4v) is 4.27. The lowest BCUT2D eigenvalue weighted by Gasteiger charge is -2.41. The first-order chi connectivity index (χ1) is 12.6. The molecule has 1 fully saturated rings. The van der Waals surface area contributed by atoms with Crippen molar-refractivity contribution in [3.63, 3.8) is 0 Å². The standard InChI is InChI=1S/C23H31NO2/c1-2-15-23(26,20-11-13-21(25)14-12-20)22(19-9-5-3-6-10-19)18-24-16-7-4-8-17-24/h3,5-6,9-14,22,25-26H,2,4,7-8,15-18H2,1H3/t22-,23-/m0/s1. The molecule has 2 N–H and O–H groups in total. The zero-order chi connectivity index (χ0) is 18.4. The maximum absolute atomic E-state index is 11.9. The number of rotatable bonds is 7. The van der Waals surface area contributed by atoms with Crippen LogP contribution in [0.5, 0.6) is 5.75 Å². The number of nitrogens with zero attached hydrogens (tertiary/aromatic N) is 1. The van der Waals surface area contributed by atoms with Crippen molar-refractivity contribution in [2.45, 2.75) is 50.5 Å². The molecule has 0 radical (unpaired) electrons. The summed E-state index contributed by atoms with van der Waals surface area (Å²) in [6, 6.07) is 17.5. The summed E-state index contributed by atoms with van der Waals surface area (Å²) in [6.07, 6.45) is 5.40. The van der Waals surface area contributed by atoms with Crippen molar-refractivity contribution >= 4 is 0 Å². The van der Waals surface area contributed by atoms with Crippen molar-refractivity contribution in [1.29, 1.82) is 0 Å². The Morgan fingerprint density at radius 3 is 2.23 bits per heavy atom. The summed E-state index contributed by atoms with van der Waals surface area (Å²) in [7, 11) is 0. The fraction of sp³-hybridized carbons (Fsp3) is 0.478. The van der Waals surface area contributed by atoms with Gasteiger partial charge in [0.25, 0.3) is 0 Å². The molecule has 3 rings (SSSR count). The third kappa shape index (κ3) is 4.28. The highest BCUT2D eigenvalue weighted by molar-refractivity contribution is 5.35. The van der Waals surface area contributed by atoms with Gasteiger partial charge in [0.05, 0.1) is 5.60 Å². The molecule has 26 heavy (non-hydrogen) atoms. The highest BCUT2D eigenvalue weighted by Crippen LogP contribution is 2.42. The highest BCUT2D eigenvalue weighted by atomic mass is 16.3. The SMILES string of the molecule is CCC[C@](O)(c1ccc(O)cc1)[C@@H](CN1CCCCC1)c1ccccc1. The average molecular weight is 354 g/mol. The third-order valence-corrected chi connectivity index (χ3v) is 5.67. The third-order valence-electron chi connectivity index (χ3n) is 5.67. The zero-order valence-corrected chi connectivity index (χ0v) is 15.8. The van der Waals surface area contributed by atoms with Gasteiger partial charge in [0.1, 0.15) is 5.75 Å². The number of hydrogen-bond donors (Lipinski definition) is 2. The van der Waals surface area contributed by atoms with E-state index in [1.165, 1.54) is 24.8 Å². The van der Waals surface area contributed by atoms with Gasteiger partial charge >= 0.3 is 0 Å². The number of phenolic OH excluding ortho intramolecular Hbond substituents is 1. The predicted octanol–water partition coefficient (Wildman–Crippen LogP) is 4.65. The monoisotopic (exact) mass is 353 g/mol. The molecule has 0 saturated carbocycles. The molecule has 0 amide bonds. The first-order valence-electron chi connectivity index (χ1n) is 9.92. The lowest BCUT2D eigenvalue weighted by Crippen LogP contribution is -2.42. The van der Waals surface area contributed by atoms with E-state index in [0.717, 1.165) is 31.6 Å². The van der Waals surface area contributed by atoms with Gasteiger partial charge in [-0.1, -0.05) is 62.2 Å². The van der Waals surface area contributed by atoms with Crippen LogP contribution in [-0.4, -0.2) is 34.7 Å². The topological polar surface area (TPSA) is 43.7 Å². The molecule has 1 aliphatic heterocycles. The summed E-state index contributed by atoms with van der Waals surface area (Å²) >= 11 is 0. The van der Waals surface area contributed by atoms with Gasteiger partial charge in [-0.05, 0) is 55.6 Å². The second kappa shape index (κ2) is 8.70. The minimum Gasteiger partial charge on any atom is -0.508 e. The fourth-order valence-electron chi connectivity index (χ4n) is 4.27. The van der Waals surface area contributed by atoms with E-state index < -0.39 is 5.60 Å². The van der Waals surface area contributed by atoms with E-state index in [4.69, 9.17) is 0 Å². The van der Waals surface area contributed by atoms with Crippen molar-refractivity contribution in [2.75, 3.05) is 19.6 Å². The van der Waals surface area contributed by atoms with Crippen LogP contribution in [0.4, 0.5) is 0 Å².